The fourth-order valence-electron chi connectivity index (χ4n) is 1.73. The molecule has 2 N–H and O–H groups in total. The summed E-state index contributed by atoms with van der Waals surface area (Å²) < 4.78 is 0. The van der Waals surface area contributed by atoms with Gasteiger partial charge in [0.1, 0.15) is 0 Å². The van der Waals surface area contributed by atoms with Crippen molar-refractivity contribution in [1.82, 2.24) is 10.2 Å². The van der Waals surface area contributed by atoms with E-state index in [1.54, 1.807) is 6.20 Å². The zero-order chi connectivity index (χ0) is 10.7. The predicted molar refractivity (Wildman–Crippen MR) is 61.8 cm³/mol. The molecule has 0 aliphatic rings. The van der Waals surface area contributed by atoms with Crippen LogP contribution in [0, 0.1) is 6.92 Å². The molecule has 1 aromatic carbocycles. The van der Waals surface area contributed by atoms with Gasteiger partial charge in [0.05, 0.1) is 11.9 Å². The quantitative estimate of drug-likeness (QED) is 0.801. The maximum atomic E-state index is 3.90. The Labute approximate surface area is 89.5 Å². The molecule has 1 aromatic heterocycles. The number of benzene rings is 1. The first kappa shape index (κ1) is 9.77. The lowest BCUT2D eigenvalue weighted by atomic mass is 10.0. The Bertz CT molecular complexity index is 420. The van der Waals surface area contributed by atoms with Crippen molar-refractivity contribution in [2.75, 3.05) is 5.32 Å². The molecule has 0 radical (unpaired) electrons. The Morgan fingerprint density at radius 2 is 2.13 bits per heavy atom. The van der Waals surface area contributed by atoms with Crippen LogP contribution in [0.4, 0.5) is 5.69 Å². The highest BCUT2D eigenvalue weighted by Gasteiger charge is 2.07. The van der Waals surface area contributed by atoms with E-state index in [-0.39, 0.29) is 0 Å². The van der Waals surface area contributed by atoms with E-state index >= 15 is 0 Å². The third-order valence-corrected chi connectivity index (χ3v) is 2.54. The second-order valence-corrected chi connectivity index (χ2v) is 3.71. The number of nitrogens with one attached hydrogen (secondary N) is 2. The number of aromatic nitrogens is 2. The Morgan fingerprint density at radius 1 is 1.33 bits per heavy atom. The summed E-state index contributed by atoms with van der Waals surface area (Å²) in [6.45, 7) is 4.28. The second kappa shape index (κ2) is 4.17. The van der Waals surface area contributed by atoms with Crippen molar-refractivity contribution in [1.29, 1.82) is 0 Å². The largest absolute Gasteiger partial charge is 0.376 e. The number of hydrogen-bond donors (Lipinski definition) is 2. The van der Waals surface area contributed by atoms with E-state index < -0.39 is 0 Å². The molecule has 78 valence electrons. The van der Waals surface area contributed by atoms with E-state index in [0.717, 1.165) is 5.69 Å². The minimum Gasteiger partial charge on any atom is -0.376 e. The number of H-pyrrole nitrogens is 1. The smallest absolute Gasteiger partial charge is 0.0728 e. The van der Waals surface area contributed by atoms with Gasteiger partial charge in [0.2, 0.25) is 0 Å². The summed E-state index contributed by atoms with van der Waals surface area (Å²) in [6.07, 6.45) is 3.64. The summed E-state index contributed by atoms with van der Waals surface area (Å²) in [6, 6.07) is 8.69. The molecule has 0 amide bonds. The molecule has 0 saturated carbocycles. The van der Waals surface area contributed by atoms with Gasteiger partial charge in [0.15, 0.2) is 0 Å². The summed E-state index contributed by atoms with van der Waals surface area (Å²) in [5.74, 6) is 0. The molecule has 3 nitrogen and oxygen atoms in total. The lowest BCUT2D eigenvalue weighted by Gasteiger charge is -2.16. The van der Waals surface area contributed by atoms with Gasteiger partial charge in [0.25, 0.3) is 0 Å². The van der Waals surface area contributed by atoms with Gasteiger partial charge in [-0.2, -0.15) is 5.10 Å². The van der Waals surface area contributed by atoms with Crippen LogP contribution in [0.25, 0.3) is 0 Å². The van der Waals surface area contributed by atoms with Crippen molar-refractivity contribution in [3.8, 4) is 0 Å². The number of hydrogen-bond acceptors (Lipinski definition) is 2. The van der Waals surface area contributed by atoms with Gasteiger partial charge in [0, 0.05) is 12.2 Å². The first-order valence-electron chi connectivity index (χ1n) is 5.08. The molecular formula is C12H15N3. The Morgan fingerprint density at radius 3 is 2.80 bits per heavy atom. The number of nitrogens with zero attached hydrogens (tertiary/aromatic N) is 1. The zero-order valence-corrected chi connectivity index (χ0v) is 8.99. The van der Waals surface area contributed by atoms with Crippen molar-refractivity contribution in [2.24, 2.45) is 0 Å². The van der Waals surface area contributed by atoms with Crippen LogP contribution in [-0.2, 0) is 0 Å². The minimum absolute atomic E-state index is 0.295. The van der Waals surface area contributed by atoms with Crippen molar-refractivity contribution >= 4 is 5.69 Å². The number of rotatable bonds is 3. The predicted octanol–water partition coefficient (Wildman–Crippen LogP) is 2.89. The van der Waals surface area contributed by atoms with Crippen LogP contribution in [0.3, 0.4) is 0 Å². The van der Waals surface area contributed by atoms with Gasteiger partial charge >= 0.3 is 0 Å². The second-order valence-electron chi connectivity index (χ2n) is 3.71. The highest BCUT2D eigenvalue weighted by molar-refractivity contribution is 5.42. The number of anilines is 1. The monoisotopic (exact) mass is 201 g/mol. The van der Waals surface area contributed by atoms with Crippen molar-refractivity contribution in [3.05, 3.63) is 47.8 Å². The molecule has 0 aliphatic heterocycles. The normalized spacial score (nSPS) is 12.4. The maximum Gasteiger partial charge on any atom is 0.0728 e. The topological polar surface area (TPSA) is 40.7 Å². The first-order chi connectivity index (χ1) is 7.27. The van der Waals surface area contributed by atoms with Crippen molar-refractivity contribution in [3.63, 3.8) is 0 Å². The van der Waals surface area contributed by atoms with Crippen molar-refractivity contribution < 1.29 is 0 Å². The standard InChI is InChI=1S/C12H15N3/c1-9-5-3-4-6-12(9)10(2)15-11-7-13-14-8-11/h3-8,10,15H,1-2H3,(H,13,14). The van der Waals surface area contributed by atoms with Gasteiger partial charge in [-0.15, -0.1) is 0 Å². The molecule has 0 fully saturated rings. The first-order valence-corrected chi connectivity index (χ1v) is 5.08. The van der Waals surface area contributed by atoms with Gasteiger partial charge < -0.3 is 5.32 Å². The van der Waals surface area contributed by atoms with Crippen LogP contribution in [0.2, 0.25) is 0 Å². The van der Waals surface area contributed by atoms with E-state index in [2.05, 4.69) is 53.6 Å². The lowest BCUT2D eigenvalue weighted by Crippen LogP contribution is -2.07. The fourth-order valence-corrected chi connectivity index (χ4v) is 1.73. The highest BCUT2D eigenvalue weighted by atomic mass is 15.1. The van der Waals surface area contributed by atoms with Crippen LogP contribution in [0.5, 0.6) is 0 Å². The molecular weight excluding hydrogens is 186 g/mol. The van der Waals surface area contributed by atoms with E-state index in [4.69, 9.17) is 0 Å². The molecule has 0 bridgehead atoms. The molecule has 3 heteroatoms. The molecule has 1 unspecified atom stereocenters. The third kappa shape index (κ3) is 2.18. The van der Waals surface area contributed by atoms with Gasteiger partial charge in [-0.05, 0) is 25.0 Å². The van der Waals surface area contributed by atoms with Gasteiger partial charge in [-0.25, -0.2) is 0 Å². The number of aromatic amines is 1. The summed E-state index contributed by atoms with van der Waals surface area (Å²) in [5.41, 5.74) is 3.64. The number of aryl methyl sites for hydroxylation is 1. The van der Waals surface area contributed by atoms with Crippen LogP contribution in [0.15, 0.2) is 36.7 Å². The molecule has 2 rings (SSSR count). The van der Waals surface area contributed by atoms with E-state index in [0.29, 0.717) is 6.04 Å². The average molecular weight is 201 g/mol. The van der Waals surface area contributed by atoms with Crippen LogP contribution < -0.4 is 5.32 Å². The van der Waals surface area contributed by atoms with Crippen molar-refractivity contribution in [2.45, 2.75) is 19.9 Å². The Balaban J connectivity index is 2.15. The molecule has 0 saturated heterocycles. The Kier molecular flexibility index (Phi) is 2.72. The summed E-state index contributed by atoms with van der Waals surface area (Å²) >= 11 is 0. The lowest BCUT2D eigenvalue weighted by molar-refractivity contribution is 0.874. The molecule has 0 aliphatic carbocycles. The van der Waals surface area contributed by atoms with Gasteiger partial charge in [-0.3, -0.25) is 5.10 Å². The highest BCUT2D eigenvalue weighted by Crippen LogP contribution is 2.20. The molecule has 15 heavy (non-hydrogen) atoms. The zero-order valence-electron chi connectivity index (χ0n) is 8.99. The Hall–Kier alpha value is -1.77. The van der Waals surface area contributed by atoms with E-state index in [1.807, 2.05) is 6.20 Å². The van der Waals surface area contributed by atoms with E-state index in [1.165, 1.54) is 11.1 Å². The maximum absolute atomic E-state index is 3.90. The average Bonchev–Trinajstić information content (AvgIpc) is 2.71. The van der Waals surface area contributed by atoms with Crippen LogP contribution >= 0.6 is 0 Å². The van der Waals surface area contributed by atoms with Gasteiger partial charge in [-0.1, -0.05) is 24.3 Å². The van der Waals surface area contributed by atoms with Crippen LogP contribution in [-0.4, -0.2) is 10.2 Å². The molecule has 1 atom stereocenters. The third-order valence-electron chi connectivity index (χ3n) is 2.54. The molecule has 2 aromatic rings. The minimum atomic E-state index is 0.295. The van der Waals surface area contributed by atoms with E-state index in [9.17, 15) is 0 Å². The SMILES string of the molecule is Cc1ccccc1C(C)Nc1cn[nH]c1. The summed E-state index contributed by atoms with van der Waals surface area (Å²) in [7, 11) is 0. The van der Waals surface area contributed by atoms with Crippen LogP contribution in [0.1, 0.15) is 24.1 Å². The summed E-state index contributed by atoms with van der Waals surface area (Å²) in [4.78, 5) is 0. The molecule has 0 spiro atoms. The molecule has 1 heterocycles. The summed E-state index contributed by atoms with van der Waals surface area (Å²) in [5, 5.41) is 10.1. The fraction of sp³-hybridized carbons (Fsp3) is 0.250.